The Morgan fingerprint density at radius 3 is 2.10 bits per heavy atom. The number of aliphatic hydroxyl groups excluding tert-OH is 4. The van der Waals surface area contributed by atoms with Crippen molar-refractivity contribution in [3.63, 3.8) is 0 Å². The average molecular weight is 148 g/mol. The molecule has 0 unspecified atom stereocenters. The third-order valence-corrected chi connectivity index (χ3v) is 1.17. The van der Waals surface area contributed by atoms with E-state index in [1.165, 1.54) is 0 Å². The van der Waals surface area contributed by atoms with Crippen molar-refractivity contribution in [1.82, 2.24) is 0 Å². The zero-order chi connectivity index (χ0) is 8.15. The summed E-state index contributed by atoms with van der Waals surface area (Å²) in [6.45, 7) is 2.62. The third-order valence-electron chi connectivity index (χ3n) is 1.17. The van der Waals surface area contributed by atoms with Gasteiger partial charge in [-0.25, -0.2) is 0 Å². The third kappa shape index (κ3) is 2.45. The highest BCUT2D eigenvalue weighted by atomic mass is 16.4. The van der Waals surface area contributed by atoms with Crippen LogP contribution in [0.2, 0.25) is 0 Å². The summed E-state index contributed by atoms with van der Waals surface area (Å²) in [5.41, 5.74) is 0. The molecule has 0 fully saturated rings. The fourth-order valence-electron chi connectivity index (χ4n) is 0.475. The van der Waals surface area contributed by atoms with Gasteiger partial charge in [-0.05, 0) is 0 Å². The zero-order valence-corrected chi connectivity index (χ0v) is 5.51. The molecule has 0 spiro atoms. The summed E-state index contributed by atoms with van der Waals surface area (Å²) in [6.07, 6.45) is -2.78. The van der Waals surface area contributed by atoms with Gasteiger partial charge < -0.3 is 20.4 Å². The lowest BCUT2D eigenvalue weighted by molar-refractivity contribution is -0.0609. The van der Waals surface area contributed by atoms with E-state index in [1.54, 1.807) is 0 Å². The van der Waals surface area contributed by atoms with E-state index >= 15 is 0 Å². The lowest BCUT2D eigenvalue weighted by Crippen LogP contribution is -2.38. The molecule has 4 N–H and O–H groups in total. The average Bonchev–Trinajstić information content (AvgIpc) is 2.00. The lowest BCUT2D eigenvalue weighted by Gasteiger charge is -2.18. The highest BCUT2D eigenvalue weighted by molar-refractivity contribution is 4.87. The van der Waals surface area contributed by atoms with Crippen LogP contribution in [0.15, 0.2) is 12.7 Å². The molecule has 10 heavy (non-hydrogen) atoms. The molecule has 0 saturated carbocycles. The molecule has 0 rings (SSSR count). The van der Waals surface area contributed by atoms with Gasteiger partial charge in [-0.3, -0.25) is 0 Å². The van der Waals surface area contributed by atoms with Crippen LogP contribution in [0.5, 0.6) is 0 Å². The molecule has 4 heteroatoms. The van der Waals surface area contributed by atoms with Gasteiger partial charge in [-0.15, -0.1) is 6.58 Å². The lowest BCUT2D eigenvalue weighted by atomic mass is 10.1. The van der Waals surface area contributed by atoms with E-state index in [-0.39, 0.29) is 0 Å². The molecule has 0 aliphatic heterocycles. The van der Waals surface area contributed by atoms with Gasteiger partial charge >= 0.3 is 0 Å². The molecule has 0 heterocycles. The summed E-state index contributed by atoms with van der Waals surface area (Å²) in [6, 6.07) is 0. The molecule has 60 valence electrons. The van der Waals surface area contributed by atoms with Crippen molar-refractivity contribution in [1.29, 1.82) is 0 Å². The molecule has 0 saturated heterocycles. The van der Waals surface area contributed by atoms with E-state index in [9.17, 15) is 0 Å². The Kier molecular flexibility index (Phi) is 4.22. The molecule has 0 aromatic heterocycles. The van der Waals surface area contributed by atoms with Gasteiger partial charge in [0.2, 0.25) is 0 Å². The quantitative estimate of drug-likeness (QED) is 0.356. The largest absolute Gasteiger partial charge is 0.394 e. The van der Waals surface area contributed by atoms with Gasteiger partial charge in [0.15, 0.2) is 0 Å². The van der Waals surface area contributed by atoms with Crippen molar-refractivity contribution >= 4 is 0 Å². The smallest absolute Gasteiger partial charge is 0.112 e. The predicted molar refractivity (Wildman–Crippen MR) is 35.3 cm³/mol. The second kappa shape index (κ2) is 4.40. The number of hydrogen-bond acceptors (Lipinski definition) is 4. The first-order valence-corrected chi connectivity index (χ1v) is 2.91. The Bertz CT molecular complexity index is 104. The van der Waals surface area contributed by atoms with Crippen molar-refractivity contribution in [2.24, 2.45) is 0 Å². The van der Waals surface area contributed by atoms with E-state index in [2.05, 4.69) is 6.58 Å². The Labute approximate surface area is 59.1 Å². The molecule has 0 bridgehead atoms. The van der Waals surface area contributed by atoms with Crippen molar-refractivity contribution in [3.05, 3.63) is 12.7 Å². The highest BCUT2D eigenvalue weighted by Gasteiger charge is 2.20. The van der Waals surface area contributed by atoms with Crippen LogP contribution in [0.1, 0.15) is 0 Å². The number of aliphatic hydroxyl groups is 4. The minimum atomic E-state index is -1.36. The first-order chi connectivity index (χ1) is 4.63. The van der Waals surface area contributed by atoms with Crippen molar-refractivity contribution < 1.29 is 20.4 Å². The maximum atomic E-state index is 8.85. The molecule has 0 radical (unpaired) electrons. The molecule has 4 nitrogen and oxygen atoms in total. The fourth-order valence-corrected chi connectivity index (χ4v) is 0.475. The van der Waals surface area contributed by atoms with E-state index in [0.29, 0.717) is 0 Å². The first-order valence-electron chi connectivity index (χ1n) is 2.91. The number of hydrogen-bond donors (Lipinski definition) is 4. The summed E-state index contributed by atoms with van der Waals surface area (Å²) >= 11 is 0. The van der Waals surface area contributed by atoms with Crippen molar-refractivity contribution in [3.8, 4) is 0 Å². The predicted octanol–water partition coefficient (Wildman–Crippen LogP) is -1.75. The Balaban J connectivity index is 3.80. The van der Waals surface area contributed by atoms with Crippen LogP contribution in [0.3, 0.4) is 0 Å². The minimum Gasteiger partial charge on any atom is -0.394 e. The summed E-state index contributed by atoms with van der Waals surface area (Å²) in [7, 11) is 0. The van der Waals surface area contributed by atoms with Gasteiger partial charge in [0, 0.05) is 0 Å². The summed E-state index contributed by atoms with van der Waals surface area (Å²) in [5.74, 6) is 0. The maximum absolute atomic E-state index is 8.85. The second-order valence-corrected chi connectivity index (χ2v) is 1.97. The van der Waals surface area contributed by atoms with Crippen LogP contribution >= 0.6 is 0 Å². The van der Waals surface area contributed by atoms with E-state index in [4.69, 9.17) is 20.4 Å². The van der Waals surface area contributed by atoms with Crippen molar-refractivity contribution in [2.45, 2.75) is 18.3 Å². The molecule has 0 aliphatic rings. The molecule has 0 amide bonds. The number of rotatable bonds is 4. The van der Waals surface area contributed by atoms with Gasteiger partial charge in [-0.2, -0.15) is 0 Å². The molecule has 0 aromatic rings. The van der Waals surface area contributed by atoms with Gasteiger partial charge in [0.1, 0.15) is 18.3 Å². The van der Waals surface area contributed by atoms with E-state index < -0.39 is 24.9 Å². The normalized spacial score (nSPS) is 19.6. The molecule has 0 aromatic carbocycles. The maximum Gasteiger partial charge on any atom is 0.112 e. The summed E-state index contributed by atoms with van der Waals surface area (Å²) in [5, 5.41) is 34.7. The second-order valence-electron chi connectivity index (χ2n) is 1.97. The minimum absolute atomic E-state index is 0.577. The Morgan fingerprint density at radius 2 is 1.80 bits per heavy atom. The van der Waals surface area contributed by atoms with Crippen LogP contribution in [0, 0.1) is 0 Å². The summed E-state index contributed by atoms with van der Waals surface area (Å²) in [4.78, 5) is 0. The fraction of sp³-hybridized carbons (Fsp3) is 0.667. The van der Waals surface area contributed by atoms with Crippen LogP contribution in [0.25, 0.3) is 0 Å². The molecular weight excluding hydrogens is 136 g/mol. The van der Waals surface area contributed by atoms with Crippen LogP contribution in [-0.2, 0) is 0 Å². The van der Waals surface area contributed by atoms with Crippen LogP contribution < -0.4 is 0 Å². The van der Waals surface area contributed by atoms with Crippen molar-refractivity contribution in [2.75, 3.05) is 6.61 Å². The van der Waals surface area contributed by atoms with Gasteiger partial charge in [0.25, 0.3) is 0 Å². The SMILES string of the molecule is C=C[C@@H](O)[C@H](O)[C@H](O)CO. The molecule has 0 aliphatic carbocycles. The van der Waals surface area contributed by atoms with E-state index in [0.717, 1.165) is 6.08 Å². The highest BCUT2D eigenvalue weighted by Crippen LogP contribution is 1.99. The summed E-state index contributed by atoms with van der Waals surface area (Å²) < 4.78 is 0. The van der Waals surface area contributed by atoms with Crippen LogP contribution in [-0.4, -0.2) is 45.3 Å². The van der Waals surface area contributed by atoms with Gasteiger partial charge in [-0.1, -0.05) is 6.08 Å². The zero-order valence-electron chi connectivity index (χ0n) is 5.51. The van der Waals surface area contributed by atoms with E-state index in [1.807, 2.05) is 0 Å². The molecule has 3 atom stereocenters. The molecular formula is C6H12O4. The Morgan fingerprint density at radius 1 is 1.30 bits per heavy atom. The monoisotopic (exact) mass is 148 g/mol. The first kappa shape index (κ1) is 9.58. The standard InChI is InChI=1S/C6H12O4/c1-2-4(8)6(10)5(9)3-7/h2,4-10H,1,3H2/t4-,5-,6+/m1/s1. The van der Waals surface area contributed by atoms with Crippen LogP contribution in [0.4, 0.5) is 0 Å². The van der Waals surface area contributed by atoms with Gasteiger partial charge in [0.05, 0.1) is 6.61 Å². The Hall–Kier alpha value is -0.420. The topological polar surface area (TPSA) is 80.9 Å².